The van der Waals surface area contributed by atoms with E-state index < -0.39 is 17.9 Å². The summed E-state index contributed by atoms with van der Waals surface area (Å²) in [6.45, 7) is 0. The molecule has 0 fully saturated rings. The van der Waals surface area contributed by atoms with E-state index in [1.807, 2.05) is 0 Å². The number of benzene rings is 2. The fourth-order valence-electron chi connectivity index (χ4n) is 2.15. The largest absolute Gasteiger partial charge is 0.508 e. The Morgan fingerprint density at radius 1 is 1.12 bits per heavy atom. The maximum atomic E-state index is 12.4. The van der Waals surface area contributed by atoms with Crippen LogP contribution in [0.25, 0.3) is 0 Å². The van der Waals surface area contributed by atoms with Crippen molar-refractivity contribution < 1.29 is 19.4 Å². The molecule has 0 spiro atoms. The number of phenols is 1. The van der Waals surface area contributed by atoms with Crippen molar-refractivity contribution in [1.82, 2.24) is 5.32 Å². The normalized spacial score (nSPS) is 11.6. The van der Waals surface area contributed by atoms with Crippen LogP contribution >= 0.6 is 23.2 Å². The maximum Gasteiger partial charge on any atom is 0.328 e. The van der Waals surface area contributed by atoms with E-state index in [9.17, 15) is 14.7 Å². The van der Waals surface area contributed by atoms with Crippen molar-refractivity contribution in [3.63, 3.8) is 0 Å². The molecular formula is C17H15Cl2NO4. The monoisotopic (exact) mass is 367 g/mol. The van der Waals surface area contributed by atoms with Gasteiger partial charge in [-0.3, -0.25) is 4.79 Å². The van der Waals surface area contributed by atoms with Crippen molar-refractivity contribution >= 4 is 35.1 Å². The summed E-state index contributed by atoms with van der Waals surface area (Å²) >= 11 is 12.0. The number of esters is 1. The minimum absolute atomic E-state index is 0.0976. The number of phenolic OH excluding ortho intramolecular Hbond substituents is 1. The summed E-state index contributed by atoms with van der Waals surface area (Å²) in [4.78, 5) is 24.4. The van der Waals surface area contributed by atoms with Crippen LogP contribution in [-0.2, 0) is 16.0 Å². The topological polar surface area (TPSA) is 75.6 Å². The molecule has 0 bridgehead atoms. The molecule has 24 heavy (non-hydrogen) atoms. The molecule has 2 rings (SSSR count). The van der Waals surface area contributed by atoms with Crippen molar-refractivity contribution in [2.75, 3.05) is 7.11 Å². The third-order valence-corrected chi connectivity index (χ3v) is 3.99. The third kappa shape index (κ3) is 4.40. The Kier molecular flexibility index (Phi) is 6.06. The van der Waals surface area contributed by atoms with Gasteiger partial charge in [0.25, 0.3) is 5.91 Å². The van der Waals surface area contributed by atoms with Gasteiger partial charge in [-0.1, -0.05) is 41.4 Å². The lowest BCUT2D eigenvalue weighted by Gasteiger charge is -2.17. The van der Waals surface area contributed by atoms with Crippen molar-refractivity contribution in [2.24, 2.45) is 0 Å². The first kappa shape index (κ1) is 18.1. The summed E-state index contributed by atoms with van der Waals surface area (Å²) in [7, 11) is 1.24. The molecule has 0 saturated carbocycles. The zero-order valence-corrected chi connectivity index (χ0v) is 14.3. The third-order valence-electron chi connectivity index (χ3n) is 3.36. The highest BCUT2D eigenvalue weighted by Crippen LogP contribution is 2.24. The zero-order valence-electron chi connectivity index (χ0n) is 12.8. The van der Waals surface area contributed by atoms with E-state index in [0.717, 1.165) is 5.56 Å². The first-order valence-electron chi connectivity index (χ1n) is 7.03. The first-order valence-corrected chi connectivity index (χ1v) is 7.78. The molecule has 0 radical (unpaired) electrons. The van der Waals surface area contributed by atoms with Gasteiger partial charge in [0.15, 0.2) is 0 Å². The van der Waals surface area contributed by atoms with Crippen molar-refractivity contribution in [3.05, 3.63) is 63.6 Å². The average Bonchev–Trinajstić information content (AvgIpc) is 2.55. The van der Waals surface area contributed by atoms with Gasteiger partial charge in [0.05, 0.1) is 22.7 Å². The molecule has 0 aliphatic heterocycles. The van der Waals surface area contributed by atoms with Gasteiger partial charge >= 0.3 is 5.97 Å². The minimum atomic E-state index is -0.917. The van der Waals surface area contributed by atoms with Crippen LogP contribution in [0.2, 0.25) is 10.0 Å². The zero-order chi connectivity index (χ0) is 17.7. The Morgan fingerprint density at radius 3 is 2.25 bits per heavy atom. The van der Waals surface area contributed by atoms with Crippen LogP contribution in [0.1, 0.15) is 15.9 Å². The number of halogens is 2. The molecule has 2 aromatic carbocycles. The van der Waals surface area contributed by atoms with E-state index in [-0.39, 0.29) is 27.8 Å². The number of aromatic hydroxyl groups is 1. The number of hydrogen-bond acceptors (Lipinski definition) is 4. The highest BCUT2D eigenvalue weighted by atomic mass is 35.5. The maximum absolute atomic E-state index is 12.4. The lowest BCUT2D eigenvalue weighted by molar-refractivity contribution is -0.142. The predicted octanol–water partition coefficient (Wildman–Crippen LogP) is 3.21. The quantitative estimate of drug-likeness (QED) is 0.795. The van der Waals surface area contributed by atoms with Gasteiger partial charge < -0.3 is 15.2 Å². The standard InChI is InChI=1S/C17H15Cl2NO4/c1-24-17(23)14(9-10-5-7-11(21)8-6-10)20-16(22)15-12(18)3-2-4-13(15)19/h2-8,14,21H,9H2,1H3,(H,20,22). The molecule has 0 aromatic heterocycles. The van der Waals surface area contributed by atoms with Crippen LogP contribution in [0.4, 0.5) is 0 Å². The van der Waals surface area contributed by atoms with Crippen LogP contribution in [0.5, 0.6) is 5.75 Å². The molecule has 2 aromatic rings. The molecule has 0 saturated heterocycles. The summed E-state index contributed by atoms with van der Waals surface area (Å²) in [5, 5.41) is 12.3. The van der Waals surface area contributed by atoms with Crippen LogP contribution in [0, 0.1) is 0 Å². The lowest BCUT2D eigenvalue weighted by atomic mass is 10.1. The Bertz CT molecular complexity index is 727. The molecule has 2 N–H and O–H groups in total. The Labute approximate surface area is 149 Å². The molecule has 0 aliphatic rings. The number of carbonyl (C=O) groups is 2. The van der Waals surface area contributed by atoms with Gasteiger partial charge in [-0.2, -0.15) is 0 Å². The van der Waals surface area contributed by atoms with Crippen LogP contribution < -0.4 is 5.32 Å². The van der Waals surface area contributed by atoms with Gasteiger partial charge in [0, 0.05) is 6.42 Å². The fourth-order valence-corrected chi connectivity index (χ4v) is 2.72. The highest BCUT2D eigenvalue weighted by Gasteiger charge is 2.24. The fraction of sp³-hybridized carbons (Fsp3) is 0.176. The van der Waals surface area contributed by atoms with Crippen LogP contribution in [0.15, 0.2) is 42.5 Å². The number of rotatable bonds is 5. The summed E-state index contributed by atoms with van der Waals surface area (Å²) in [5.74, 6) is -1.06. The van der Waals surface area contributed by atoms with Gasteiger partial charge in [-0.25, -0.2) is 4.79 Å². The number of amides is 1. The number of nitrogens with one attached hydrogen (secondary N) is 1. The van der Waals surface area contributed by atoms with Crippen molar-refractivity contribution in [2.45, 2.75) is 12.5 Å². The van der Waals surface area contributed by atoms with Gasteiger partial charge in [0.1, 0.15) is 11.8 Å². The van der Waals surface area contributed by atoms with E-state index in [4.69, 9.17) is 27.9 Å². The number of ether oxygens (including phenoxy) is 1. The molecule has 1 atom stereocenters. The summed E-state index contributed by atoms with van der Waals surface area (Å²) in [5.41, 5.74) is 0.842. The van der Waals surface area contributed by atoms with Gasteiger partial charge in [-0.05, 0) is 29.8 Å². The second kappa shape index (κ2) is 8.04. The highest BCUT2D eigenvalue weighted by molar-refractivity contribution is 6.39. The molecule has 126 valence electrons. The molecule has 7 heteroatoms. The molecule has 0 aliphatic carbocycles. The van der Waals surface area contributed by atoms with E-state index in [0.29, 0.717) is 0 Å². The van der Waals surface area contributed by atoms with E-state index >= 15 is 0 Å². The van der Waals surface area contributed by atoms with Gasteiger partial charge in [-0.15, -0.1) is 0 Å². The Morgan fingerprint density at radius 2 is 1.71 bits per heavy atom. The van der Waals surface area contributed by atoms with E-state index in [2.05, 4.69) is 5.32 Å². The van der Waals surface area contributed by atoms with E-state index in [1.165, 1.54) is 31.4 Å². The molecular weight excluding hydrogens is 353 g/mol. The Hall–Kier alpha value is -2.24. The summed E-state index contributed by atoms with van der Waals surface area (Å²) in [6.07, 6.45) is 0.195. The first-order chi connectivity index (χ1) is 11.4. The Balaban J connectivity index is 2.21. The molecule has 1 amide bonds. The molecule has 1 unspecified atom stereocenters. The number of hydrogen-bond donors (Lipinski definition) is 2. The minimum Gasteiger partial charge on any atom is -0.508 e. The smallest absolute Gasteiger partial charge is 0.328 e. The average molecular weight is 368 g/mol. The summed E-state index contributed by atoms with van der Waals surface area (Å²) in [6, 6.07) is 10.1. The summed E-state index contributed by atoms with van der Waals surface area (Å²) < 4.78 is 4.74. The molecule has 5 nitrogen and oxygen atoms in total. The predicted molar refractivity (Wildman–Crippen MR) is 91.5 cm³/mol. The number of carbonyl (C=O) groups excluding carboxylic acids is 2. The van der Waals surface area contributed by atoms with Crippen molar-refractivity contribution in [1.29, 1.82) is 0 Å². The SMILES string of the molecule is COC(=O)C(Cc1ccc(O)cc1)NC(=O)c1c(Cl)cccc1Cl. The van der Waals surface area contributed by atoms with Crippen LogP contribution in [-0.4, -0.2) is 30.1 Å². The second-order valence-corrected chi connectivity index (χ2v) is 5.83. The lowest BCUT2D eigenvalue weighted by Crippen LogP contribution is -2.43. The van der Waals surface area contributed by atoms with Crippen molar-refractivity contribution in [3.8, 4) is 5.75 Å². The van der Waals surface area contributed by atoms with Crippen LogP contribution in [0.3, 0.4) is 0 Å². The molecule has 0 heterocycles. The van der Waals surface area contributed by atoms with Gasteiger partial charge in [0.2, 0.25) is 0 Å². The second-order valence-electron chi connectivity index (χ2n) is 5.02. The van der Waals surface area contributed by atoms with E-state index in [1.54, 1.807) is 18.2 Å². The number of methoxy groups -OCH3 is 1.